The molecule has 1 aliphatic rings. The summed E-state index contributed by atoms with van der Waals surface area (Å²) in [5, 5.41) is 0. The van der Waals surface area contributed by atoms with Crippen LogP contribution in [0.5, 0.6) is 5.75 Å². The number of para-hydroxylation sites is 2. The number of hydrogen-bond donors (Lipinski definition) is 0. The summed E-state index contributed by atoms with van der Waals surface area (Å²) in [6, 6.07) is 25.0. The standard InChI is InChI=1S/C22H19NO2/c24-22(25-21-15-14-17-8-7-9-18(17)16-21)23(19-10-3-1-4-11-19)20-12-5-2-6-13-20/h1-6,10-16H,7-9H2. The monoisotopic (exact) mass is 329 g/mol. The van der Waals surface area contributed by atoms with Gasteiger partial charge >= 0.3 is 6.09 Å². The number of rotatable bonds is 3. The van der Waals surface area contributed by atoms with Crippen LogP contribution in [0.3, 0.4) is 0 Å². The van der Waals surface area contributed by atoms with Gasteiger partial charge in [-0.3, -0.25) is 0 Å². The molecule has 0 N–H and O–H groups in total. The third-order valence-corrected chi connectivity index (χ3v) is 4.49. The molecule has 0 atom stereocenters. The van der Waals surface area contributed by atoms with Crippen LogP contribution in [-0.4, -0.2) is 6.09 Å². The van der Waals surface area contributed by atoms with Crippen molar-refractivity contribution in [1.82, 2.24) is 0 Å². The quantitative estimate of drug-likeness (QED) is 0.634. The van der Waals surface area contributed by atoms with E-state index in [1.807, 2.05) is 72.8 Å². The van der Waals surface area contributed by atoms with E-state index < -0.39 is 6.09 Å². The lowest BCUT2D eigenvalue weighted by atomic mass is 10.1. The Labute approximate surface area is 147 Å². The summed E-state index contributed by atoms with van der Waals surface area (Å²) in [6.45, 7) is 0. The summed E-state index contributed by atoms with van der Waals surface area (Å²) in [6.07, 6.45) is 2.94. The van der Waals surface area contributed by atoms with Crippen LogP contribution in [0.15, 0.2) is 78.9 Å². The molecule has 0 fully saturated rings. The Morgan fingerprint density at radius 3 is 2.00 bits per heavy atom. The molecule has 1 aliphatic carbocycles. The van der Waals surface area contributed by atoms with Gasteiger partial charge in [0.15, 0.2) is 0 Å². The van der Waals surface area contributed by atoms with Gasteiger partial charge in [0, 0.05) is 0 Å². The lowest BCUT2D eigenvalue weighted by molar-refractivity contribution is 0.210. The van der Waals surface area contributed by atoms with Crippen LogP contribution < -0.4 is 9.64 Å². The fraction of sp³-hybridized carbons (Fsp3) is 0.136. The van der Waals surface area contributed by atoms with Crippen molar-refractivity contribution in [3.05, 3.63) is 90.0 Å². The molecule has 0 saturated carbocycles. The molecule has 3 nitrogen and oxygen atoms in total. The number of anilines is 2. The van der Waals surface area contributed by atoms with Gasteiger partial charge in [-0.2, -0.15) is 0 Å². The number of benzene rings is 3. The van der Waals surface area contributed by atoms with Gasteiger partial charge in [0.1, 0.15) is 5.75 Å². The predicted molar refractivity (Wildman–Crippen MR) is 99.5 cm³/mol. The molecule has 0 unspecified atom stereocenters. The highest BCUT2D eigenvalue weighted by atomic mass is 16.6. The topological polar surface area (TPSA) is 29.5 Å². The number of amides is 1. The molecule has 1 amide bonds. The van der Waals surface area contributed by atoms with Crippen molar-refractivity contribution in [2.75, 3.05) is 4.90 Å². The normalized spacial score (nSPS) is 12.5. The number of ether oxygens (including phenoxy) is 1. The number of nitrogens with zero attached hydrogens (tertiary/aromatic N) is 1. The van der Waals surface area contributed by atoms with Crippen LogP contribution in [0.4, 0.5) is 16.2 Å². The summed E-state index contributed by atoms with van der Waals surface area (Å²) < 4.78 is 5.70. The van der Waals surface area contributed by atoms with E-state index in [0.717, 1.165) is 24.2 Å². The Bertz CT molecular complexity index is 836. The molecule has 3 heteroatoms. The van der Waals surface area contributed by atoms with Gasteiger partial charge in [0.2, 0.25) is 0 Å². The average Bonchev–Trinajstić information content (AvgIpc) is 3.11. The van der Waals surface area contributed by atoms with E-state index in [9.17, 15) is 4.79 Å². The molecule has 0 aliphatic heterocycles. The van der Waals surface area contributed by atoms with E-state index in [2.05, 4.69) is 6.07 Å². The van der Waals surface area contributed by atoms with Crippen LogP contribution in [0, 0.1) is 0 Å². The molecule has 0 saturated heterocycles. The number of fused-ring (bicyclic) bond motifs is 1. The number of aryl methyl sites for hydroxylation is 2. The van der Waals surface area contributed by atoms with E-state index in [0.29, 0.717) is 5.75 Å². The maximum atomic E-state index is 12.9. The lowest BCUT2D eigenvalue weighted by Gasteiger charge is -2.22. The van der Waals surface area contributed by atoms with E-state index >= 15 is 0 Å². The molecule has 124 valence electrons. The summed E-state index contributed by atoms with van der Waals surface area (Å²) in [5.74, 6) is 0.600. The van der Waals surface area contributed by atoms with Crippen molar-refractivity contribution in [3.8, 4) is 5.75 Å². The Hall–Kier alpha value is -3.07. The Kier molecular flexibility index (Phi) is 4.21. The fourth-order valence-electron chi connectivity index (χ4n) is 3.27. The molecule has 3 aromatic carbocycles. The van der Waals surface area contributed by atoms with Crippen molar-refractivity contribution in [1.29, 1.82) is 0 Å². The Morgan fingerprint density at radius 1 is 0.760 bits per heavy atom. The molecular formula is C22H19NO2. The molecule has 3 aromatic rings. The zero-order chi connectivity index (χ0) is 17.1. The minimum atomic E-state index is -0.407. The Balaban J connectivity index is 1.64. The lowest BCUT2D eigenvalue weighted by Crippen LogP contribution is -2.29. The van der Waals surface area contributed by atoms with E-state index in [1.54, 1.807) is 4.90 Å². The molecule has 4 rings (SSSR count). The second-order valence-electron chi connectivity index (χ2n) is 6.16. The van der Waals surface area contributed by atoms with E-state index in [1.165, 1.54) is 17.5 Å². The second-order valence-corrected chi connectivity index (χ2v) is 6.16. The first-order chi connectivity index (χ1) is 12.3. The van der Waals surface area contributed by atoms with Crippen molar-refractivity contribution in [2.45, 2.75) is 19.3 Å². The number of carbonyl (C=O) groups is 1. The second kappa shape index (κ2) is 6.81. The maximum absolute atomic E-state index is 12.9. The third kappa shape index (κ3) is 3.26. The van der Waals surface area contributed by atoms with Crippen LogP contribution in [0.2, 0.25) is 0 Å². The SMILES string of the molecule is O=C(Oc1ccc2c(c1)CCC2)N(c1ccccc1)c1ccccc1. The summed E-state index contributed by atoms with van der Waals surface area (Å²) in [5.41, 5.74) is 4.21. The fourth-order valence-corrected chi connectivity index (χ4v) is 3.27. The van der Waals surface area contributed by atoms with Gasteiger partial charge in [-0.05, 0) is 66.8 Å². The van der Waals surface area contributed by atoms with Gasteiger partial charge in [0.05, 0.1) is 11.4 Å². The molecule has 0 aromatic heterocycles. The first-order valence-electron chi connectivity index (χ1n) is 8.55. The Morgan fingerprint density at radius 2 is 1.36 bits per heavy atom. The van der Waals surface area contributed by atoms with Crippen LogP contribution in [-0.2, 0) is 12.8 Å². The van der Waals surface area contributed by atoms with Gasteiger partial charge in [0.25, 0.3) is 0 Å². The highest BCUT2D eigenvalue weighted by Gasteiger charge is 2.21. The summed E-state index contributed by atoms with van der Waals surface area (Å²) in [7, 11) is 0. The van der Waals surface area contributed by atoms with E-state index in [4.69, 9.17) is 4.74 Å². The molecule has 0 radical (unpaired) electrons. The minimum Gasteiger partial charge on any atom is -0.410 e. The number of carbonyl (C=O) groups excluding carboxylic acids is 1. The smallest absolute Gasteiger partial charge is 0.410 e. The van der Waals surface area contributed by atoms with Gasteiger partial charge in [-0.1, -0.05) is 42.5 Å². The van der Waals surface area contributed by atoms with Crippen LogP contribution in [0.1, 0.15) is 17.5 Å². The molecule has 0 heterocycles. The van der Waals surface area contributed by atoms with Gasteiger partial charge < -0.3 is 4.74 Å². The minimum absolute atomic E-state index is 0.407. The molecule has 0 spiro atoms. The summed E-state index contributed by atoms with van der Waals surface area (Å²) in [4.78, 5) is 14.5. The zero-order valence-electron chi connectivity index (χ0n) is 13.9. The first-order valence-corrected chi connectivity index (χ1v) is 8.55. The van der Waals surface area contributed by atoms with Crippen molar-refractivity contribution < 1.29 is 9.53 Å². The van der Waals surface area contributed by atoms with E-state index in [-0.39, 0.29) is 0 Å². The highest BCUT2D eigenvalue weighted by Crippen LogP contribution is 2.29. The molecular weight excluding hydrogens is 310 g/mol. The van der Waals surface area contributed by atoms with Crippen LogP contribution in [0.25, 0.3) is 0 Å². The average molecular weight is 329 g/mol. The number of hydrogen-bond acceptors (Lipinski definition) is 2. The van der Waals surface area contributed by atoms with Gasteiger partial charge in [-0.15, -0.1) is 0 Å². The largest absolute Gasteiger partial charge is 0.424 e. The van der Waals surface area contributed by atoms with Crippen molar-refractivity contribution in [2.24, 2.45) is 0 Å². The van der Waals surface area contributed by atoms with Crippen molar-refractivity contribution >= 4 is 17.5 Å². The van der Waals surface area contributed by atoms with Gasteiger partial charge in [-0.25, -0.2) is 9.69 Å². The zero-order valence-corrected chi connectivity index (χ0v) is 13.9. The first kappa shape index (κ1) is 15.5. The maximum Gasteiger partial charge on any atom is 0.424 e. The summed E-state index contributed by atoms with van der Waals surface area (Å²) >= 11 is 0. The molecule has 0 bridgehead atoms. The highest BCUT2D eigenvalue weighted by molar-refractivity contribution is 5.97. The predicted octanol–water partition coefficient (Wildman–Crippen LogP) is 5.51. The van der Waals surface area contributed by atoms with Crippen molar-refractivity contribution in [3.63, 3.8) is 0 Å². The van der Waals surface area contributed by atoms with Crippen LogP contribution >= 0.6 is 0 Å². The third-order valence-electron chi connectivity index (χ3n) is 4.49. The molecule has 25 heavy (non-hydrogen) atoms.